The van der Waals surface area contributed by atoms with E-state index in [0.29, 0.717) is 46.4 Å². The van der Waals surface area contributed by atoms with Crippen molar-refractivity contribution in [3.63, 3.8) is 0 Å². The van der Waals surface area contributed by atoms with Gasteiger partial charge in [-0.05, 0) is 73.6 Å². The van der Waals surface area contributed by atoms with Crippen LogP contribution in [-0.4, -0.2) is 151 Å². The number of nitrogens with one attached hydrogen (secondary N) is 6. The quantitative estimate of drug-likeness (QED) is 0.0835. The van der Waals surface area contributed by atoms with Gasteiger partial charge in [-0.2, -0.15) is 0 Å². The number of aromatic nitrogens is 1. The summed E-state index contributed by atoms with van der Waals surface area (Å²) in [5.74, 6) is -5.90. The first kappa shape index (κ1) is 53.9. The number of methoxy groups -OCH3 is 2. The maximum absolute atomic E-state index is 14.8. The van der Waals surface area contributed by atoms with Crippen molar-refractivity contribution < 1.29 is 57.7 Å². The summed E-state index contributed by atoms with van der Waals surface area (Å²) < 4.78 is 16.8. The second-order valence-corrected chi connectivity index (χ2v) is 17.6. The summed E-state index contributed by atoms with van der Waals surface area (Å²) >= 11 is 0. The first-order valence-corrected chi connectivity index (χ1v) is 22.8. The molecule has 0 aliphatic carbocycles. The molecule has 3 aromatic rings. The van der Waals surface area contributed by atoms with E-state index in [2.05, 4.69) is 31.6 Å². The molecule has 1 fully saturated rings. The average Bonchev–Trinajstić information content (AvgIpc) is 3.73. The molecule has 0 unspecified atom stereocenters. The lowest BCUT2D eigenvalue weighted by Crippen LogP contribution is -2.62. The summed E-state index contributed by atoms with van der Waals surface area (Å²) in [7, 11) is 5.69. The normalized spacial score (nSPS) is 24.0. The number of hydrogen-bond donors (Lipinski definition) is 7. The number of aliphatic hydroxyl groups is 1. The molecule has 20 heteroatoms. The number of carbonyl (C=O) groups excluding carboxylic acids is 8. The third kappa shape index (κ3) is 13.0. The van der Waals surface area contributed by atoms with Gasteiger partial charge in [-0.1, -0.05) is 53.2 Å². The van der Waals surface area contributed by atoms with Gasteiger partial charge in [0.15, 0.2) is 0 Å². The zero-order valence-electron chi connectivity index (χ0n) is 40.7. The van der Waals surface area contributed by atoms with Crippen molar-refractivity contribution in [1.82, 2.24) is 41.4 Å². The molecule has 4 rings (SSSR count). The van der Waals surface area contributed by atoms with Crippen molar-refractivity contribution in [2.75, 3.05) is 28.3 Å². The summed E-state index contributed by atoms with van der Waals surface area (Å²) in [6.07, 6.45) is -0.916. The number of ether oxygens (including phenoxy) is 3. The predicted molar refractivity (Wildman–Crippen MR) is 251 cm³/mol. The van der Waals surface area contributed by atoms with E-state index in [1.807, 2.05) is 6.92 Å². The van der Waals surface area contributed by atoms with Gasteiger partial charge >= 0.3 is 5.97 Å². The molecule has 2 heterocycles. The van der Waals surface area contributed by atoms with E-state index in [4.69, 9.17) is 14.2 Å². The lowest BCUT2D eigenvalue weighted by atomic mass is 9.95. The van der Waals surface area contributed by atoms with Gasteiger partial charge in [-0.3, -0.25) is 33.6 Å². The smallest absolute Gasteiger partial charge is 0.329 e. The first-order valence-electron chi connectivity index (χ1n) is 22.8. The molecule has 20 nitrogen and oxygen atoms in total. The molecule has 0 bridgehead atoms. The Hall–Kier alpha value is -6.70. The molecule has 2 aromatic carbocycles. The van der Waals surface area contributed by atoms with Gasteiger partial charge in [-0.25, -0.2) is 4.79 Å². The lowest BCUT2D eigenvalue weighted by molar-refractivity contribution is -0.162. The molecule has 1 saturated heterocycles. The summed E-state index contributed by atoms with van der Waals surface area (Å²) in [6.45, 7) is 11.2. The van der Waals surface area contributed by atoms with Crippen molar-refractivity contribution in [3.8, 4) is 11.5 Å². The number of nitrogens with zero attached hydrogens (tertiary/aromatic N) is 2. The number of rotatable bonds is 15. The van der Waals surface area contributed by atoms with Gasteiger partial charge in [0.2, 0.25) is 41.9 Å². The molecular formula is C48H68N8O12. The number of hydrogen-bond acceptors (Lipinski definition) is 12. The molecule has 0 radical (unpaired) electrons. The maximum Gasteiger partial charge on any atom is 0.329 e. The summed E-state index contributed by atoms with van der Waals surface area (Å²) in [6, 6.07) is 2.06. The Bertz CT molecular complexity index is 2270. The minimum absolute atomic E-state index is 0.00470. The Morgan fingerprint density at radius 2 is 1.49 bits per heavy atom. The van der Waals surface area contributed by atoms with Gasteiger partial charge in [0.05, 0.1) is 20.3 Å². The van der Waals surface area contributed by atoms with Gasteiger partial charge in [0, 0.05) is 44.0 Å². The second kappa shape index (κ2) is 24.4. The summed E-state index contributed by atoms with van der Waals surface area (Å²) in [5, 5.41) is 25.1. The van der Waals surface area contributed by atoms with Crippen molar-refractivity contribution in [2.45, 2.75) is 129 Å². The topological polar surface area (TPSA) is 267 Å². The zero-order valence-corrected chi connectivity index (χ0v) is 40.7. The van der Waals surface area contributed by atoms with Crippen LogP contribution in [0.5, 0.6) is 11.5 Å². The number of benzene rings is 2. The van der Waals surface area contributed by atoms with Gasteiger partial charge in [0.1, 0.15) is 59.9 Å². The lowest BCUT2D eigenvalue weighted by Gasteiger charge is -2.36. The van der Waals surface area contributed by atoms with Crippen molar-refractivity contribution in [1.29, 1.82) is 0 Å². The average molecular weight is 949 g/mol. The SMILES string of the molecule is CC[C@@H](C)[C@H]1C(=O)N[C@H]([C@H](O)CC)C(=O)N(C)[C@@H](Cc2c[nH]c3ccc(OC)cc23)C(=O)O[C@H](C)[C@@H](NC(=O)[C@@H](NC=O)C(C)C)C(=O)N[C@H](Cc2ccc(OC)cc2)C(=O)N[C@@H](C)C(=O)N1C. The number of H-pyrrole nitrogens is 1. The molecule has 1 aromatic heterocycles. The fourth-order valence-corrected chi connectivity index (χ4v) is 8.15. The number of fused-ring (bicyclic) bond motifs is 1. The minimum Gasteiger partial charge on any atom is -0.497 e. The van der Waals surface area contributed by atoms with Crippen LogP contribution in [0.25, 0.3) is 10.9 Å². The van der Waals surface area contributed by atoms with E-state index in [1.165, 1.54) is 47.1 Å². The molecule has 7 amide bonds. The van der Waals surface area contributed by atoms with E-state index >= 15 is 0 Å². The van der Waals surface area contributed by atoms with Crippen LogP contribution < -0.4 is 36.1 Å². The molecule has 10 atom stereocenters. The first-order chi connectivity index (χ1) is 32.2. The predicted octanol–water partition coefficient (Wildman–Crippen LogP) is 1.12. The van der Waals surface area contributed by atoms with Gasteiger partial charge < -0.3 is 60.7 Å². The number of likely N-dealkylation sites (N-methyl/N-ethyl adjacent to an activating group) is 2. The largest absolute Gasteiger partial charge is 0.497 e. The van der Waals surface area contributed by atoms with Crippen molar-refractivity contribution in [2.24, 2.45) is 11.8 Å². The number of aromatic amines is 1. The maximum atomic E-state index is 14.8. The van der Waals surface area contributed by atoms with E-state index in [1.54, 1.807) is 76.4 Å². The van der Waals surface area contributed by atoms with E-state index in [-0.39, 0.29) is 19.3 Å². The zero-order chi connectivity index (χ0) is 50.6. The number of carbonyl (C=O) groups is 8. The Balaban J connectivity index is 1.93. The summed E-state index contributed by atoms with van der Waals surface area (Å²) in [4.78, 5) is 118. The minimum atomic E-state index is -1.72. The van der Waals surface area contributed by atoms with Crippen LogP contribution in [0.4, 0.5) is 0 Å². The molecule has 68 heavy (non-hydrogen) atoms. The number of esters is 1. The Morgan fingerprint density at radius 3 is 2.07 bits per heavy atom. The van der Waals surface area contributed by atoms with Crippen molar-refractivity contribution in [3.05, 3.63) is 59.8 Å². The molecule has 372 valence electrons. The fourth-order valence-electron chi connectivity index (χ4n) is 8.15. The van der Waals surface area contributed by atoms with Crippen LogP contribution in [0.2, 0.25) is 0 Å². The third-order valence-electron chi connectivity index (χ3n) is 12.6. The van der Waals surface area contributed by atoms with E-state index < -0.39 is 108 Å². The highest BCUT2D eigenvalue weighted by Crippen LogP contribution is 2.27. The number of cyclic esters (lactones) is 1. The molecule has 0 saturated carbocycles. The number of aliphatic hydroxyl groups excluding tert-OH is 1. The molecule has 1 aliphatic rings. The highest BCUT2D eigenvalue weighted by atomic mass is 16.5. The second-order valence-electron chi connectivity index (χ2n) is 17.6. The number of amides is 7. The van der Waals surface area contributed by atoms with Crippen LogP contribution in [-0.2, 0) is 55.9 Å². The van der Waals surface area contributed by atoms with Crippen LogP contribution in [0, 0.1) is 11.8 Å². The molecule has 0 spiro atoms. The van der Waals surface area contributed by atoms with Crippen molar-refractivity contribution >= 4 is 58.7 Å². The Labute approximate surface area is 396 Å². The Kier molecular flexibility index (Phi) is 19.3. The van der Waals surface area contributed by atoms with Crippen LogP contribution >= 0.6 is 0 Å². The van der Waals surface area contributed by atoms with Crippen LogP contribution in [0.1, 0.15) is 72.4 Å². The fraction of sp³-hybridized carbons (Fsp3) is 0.542. The molecular weight excluding hydrogens is 881 g/mol. The van der Waals surface area contributed by atoms with Crippen LogP contribution in [0.3, 0.4) is 0 Å². The van der Waals surface area contributed by atoms with E-state index in [9.17, 15) is 43.5 Å². The summed E-state index contributed by atoms with van der Waals surface area (Å²) in [5.41, 5.74) is 1.79. The highest BCUT2D eigenvalue weighted by Gasteiger charge is 2.42. The standard InChI is InChI=1S/C48H68N8O12/c1-12-26(5)41-45(62)54-40(37(58)13-2)47(64)55(8)36(21-30-23-49-34-19-18-32(67-11)22-33(30)34)48(65)68-28(7)39(53-43(60)38(25(3)4)50-24-57)44(61)52-35(20-29-14-16-31(66-10)17-15-29)42(59)51-27(6)46(63)56(41)9/h14-19,22-28,35-41,49,58H,12-13,20-21H2,1-11H3,(H,50,57)(H,51,59)(H,52,61)(H,53,60)(H,54,62)/t26-,27+,28-,35-,36+,37-,38+,39-,40-,41+/m1/s1. The highest BCUT2D eigenvalue weighted by molar-refractivity contribution is 5.98. The molecule has 1 aliphatic heterocycles. The van der Waals surface area contributed by atoms with Gasteiger partial charge in [0.25, 0.3) is 0 Å². The Morgan fingerprint density at radius 1 is 0.838 bits per heavy atom. The van der Waals surface area contributed by atoms with E-state index in [0.717, 1.165) is 4.90 Å². The monoisotopic (exact) mass is 948 g/mol. The molecule has 7 N–H and O–H groups in total. The van der Waals surface area contributed by atoms with Gasteiger partial charge in [-0.15, -0.1) is 0 Å². The third-order valence-corrected chi connectivity index (χ3v) is 12.6. The van der Waals surface area contributed by atoms with Crippen LogP contribution in [0.15, 0.2) is 48.7 Å².